The van der Waals surface area contributed by atoms with Crippen LogP contribution < -0.4 is 0 Å². The van der Waals surface area contributed by atoms with Gasteiger partial charge in [-0.1, -0.05) is 0 Å². The molecule has 7 heteroatoms. The Morgan fingerprint density at radius 1 is 1.67 bits per heavy atom. The highest BCUT2D eigenvalue weighted by Gasteiger charge is 2.21. The van der Waals surface area contributed by atoms with Crippen molar-refractivity contribution in [3.05, 3.63) is 27.5 Å². The summed E-state index contributed by atoms with van der Waals surface area (Å²) < 4.78 is 24.9. The van der Waals surface area contributed by atoms with Crippen LogP contribution in [0.3, 0.4) is 0 Å². The Kier molecular flexibility index (Phi) is 3.72. The number of carbonyl (C=O) groups excluding carboxylic acids is 1. The maximum absolute atomic E-state index is 12.4. The minimum absolute atomic E-state index is 0.0285. The van der Waals surface area contributed by atoms with Crippen LogP contribution in [0.15, 0.2) is 10.7 Å². The number of alkyl halides is 2. The lowest BCUT2D eigenvalue weighted by Crippen LogP contribution is -2.03. The van der Waals surface area contributed by atoms with E-state index in [-0.39, 0.29) is 10.2 Å². The number of pyridine rings is 1. The average molecular weight is 295 g/mol. The second kappa shape index (κ2) is 4.64. The van der Waals surface area contributed by atoms with Crippen LogP contribution in [0.1, 0.15) is 28.0 Å². The molecule has 0 radical (unpaired) electrons. The van der Waals surface area contributed by atoms with E-state index in [9.17, 15) is 13.6 Å². The van der Waals surface area contributed by atoms with E-state index in [1.807, 2.05) is 0 Å². The molecule has 0 aliphatic heterocycles. The van der Waals surface area contributed by atoms with Crippen LogP contribution in [0.4, 0.5) is 8.78 Å². The van der Waals surface area contributed by atoms with Crippen LogP contribution in [0, 0.1) is 11.3 Å². The monoisotopic (exact) mass is 294 g/mol. The number of hydrogen-bond donors (Lipinski definition) is 0. The van der Waals surface area contributed by atoms with E-state index < -0.39 is 22.9 Å². The van der Waals surface area contributed by atoms with E-state index in [0.717, 1.165) is 6.07 Å². The van der Waals surface area contributed by atoms with Crippen LogP contribution >= 0.6 is 27.5 Å². The van der Waals surface area contributed by atoms with Gasteiger partial charge < -0.3 is 0 Å². The summed E-state index contributed by atoms with van der Waals surface area (Å²) in [5, 5.41) is 7.66. The molecule has 0 saturated carbocycles. The molecule has 0 fully saturated rings. The molecule has 1 aromatic rings. The third-order valence-electron chi connectivity index (χ3n) is 1.55. The fraction of sp³-hybridized carbons (Fsp3) is 0.125. The molecule has 1 rings (SSSR count). The van der Waals surface area contributed by atoms with Gasteiger partial charge in [-0.3, -0.25) is 4.79 Å². The molecule has 0 atom stereocenters. The molecule has 0 spiro atoms. The number of rotatable bonds is 2. The highest BCUT2D eigenvalue weighted by Crippen LogP contribution is 2.26. The van der Waals surface area contributed by atoms with Gasteiger partial charge in [-0.2, -0.15) is 5.26 Å². The summed E-state index contributed by atoms with van der Waals surface area (Å²) in [7, 11) is 0. The van der Waals surface area contributed by atoms with Crippen molar-refractivity contribution < 1.29 is 13.6 Å². The summed E-state index contributed by atoms with van der Waals surface area (Å²) >= 11 is 8.00. The molecular formula is C8H2BrClF2N2O. The molecule has 0 aromatic carbocycles. The number of nitriles is 1. The minimum Gasteiger partial charge on any atom is -0.276 e. The van der Waals surface area contributed by atoms with Crippen LogP contribution in [0.5, 0.6) is 0 Å². The molecule has 0 saturated heterocycles. The molecule has 1 heterocycles. The predicted octanol–water partition coefficient (Wildman–Crippen LogP) is 3.03. The summed E-state index contributed by atoms with van der Waals surface area (Å²) in [6.07, 6.45) is -2.94. The zero-order valence-corrected chi connectivity index (χ0v) is 9.31. The Morgan fingerprint density at radius 3 is 2.67 bits per heavy atom. The van der Waals surface area contributed by atoms with Gasteiger partial charge in [0, 0.05) is 0 Å². The fourth-order valence-electron chi connectivity index (χ4n) is 0.963. The Labute approximate surface area is 96.8 Å². The maximum Gasteiger partial charge on any atom is 0.281 e. The summed E-state index contributed by atoms with van der Waals surface area (Å²) in [4.78, 5) is 14.3. The average Bonchev–Trinajstić information content (AvgIpc) is 2.16. The SMILES string of the molecule is N#Cc1c(C(=O)Cl)cc(Br)nc1C(F)F. The zero-order valence-electron chi connectivity index (χ0n) is 6.97. The maximum atomic E-state index is 12.4. The molecule has 1 aromatic heterocycles. The van der Waals surface area contributed by atoms with Gasteiger partial charge in [0.1, 0.15) is 16.4 Å². The largest absolute Gasteiger partial charge is 0.281 e. The van der Waals surface area contributed by atoms with Crippen LogP contribution in [-0.2, 0) is 0 Å². The van der Waals surface area contributed by atoms with Crippen LogP contribution in [-0.4, -0.2) is 10.2 Å². The highest BCUT2D eigenvalue weighted by molar-refractivity contribution is 9.10. The first-order valence-electron chi connectivity index (χ1n) is 3.56. The number of nitrogens with zero attached hydrogens (tertiary/aromatic N) is 2. The predicted molar refractivity (Wildman–Crippen MR) is 51.8 cm³/mol. The summed E-state index contributed by atoms with van der Waals surface area (Å²) in [5.74, 6) is 0. The van der Waals surface area contributed by atoms with E-state index in [1.165, 1.54) is 6.07 Å². The van der Waals surface area contributed by atoms with E-state index in [2.05, 4.69) is 20.9 Å². The number of halogens is 4. The molecule has 0 N–H and O–H groups in total. The van der Waals surface area contributed by atoms with Crippen molar-refractivity contribution in [3.8, 4) is 6.07 Å². The summed E-state index contributed by atoms with van der Waals surface area (Å²) in [5.41, 5.74) is -1.53. The van der Waals surface area contributed by atoms with Crippen molar-refractivity contribution >= 4 is 32.8 Å². The van der Waals surface area contributed by atoms with Crippen molar-refractivity contribution in [2.24, 2.45) is 0 Å². The molecule has 3 nitrogen and oxygen atoms in total. The van der Waals surface area contributed by atoms with Crippen molar-refractivity contribution in [2.75, 3.05) is 0 Å². The molecule has 0 amide bonds. The first-order chi connectivity index (χ1) is 6.97. The van der Waals surface area contributed by atoms with Gasteiger partial charge in [-0.15, -0.1) is 0 Å². The Morgan fingerprint density at radius 2 is 2.27 bits per heavy atom. The first kappa shape index (κ1) is 12.0. The van der Waals surface area contributed by atoms with Gasteiger partial charge >= 0.3 is 0 Å². The standard InChI is InChI=1S/C8H2BrClF2N2O/c9-5-1-3(7(10)15)4(2-13)6(14-5)8(11)12/h1,8H. The molecule has 0 unspecified atom stereocenters. The third kappa shape index (κ3) is 2.49. The van der Waals surface area contributed by atoms with E-state index in [4.69, 9.17) is 16.9 Å². The zero-order chi connectivity index (χ0) is 11.6. The Bertz CT molecular complexity index is 459. The van der Waals surface area contributed by atoms with E-state index in [0.29, 0.717) is 0 Å². The van der Waals surface area contributed by atoms with Gasteiger partial charge in [0.25, 0.3) is 11.7 Å². The van der Waals surface area contributed by atoms with Crippen LogP contribution in [0.25, 0.3) is 0 Å². The summed E-state index contributed by atoms with van der Waals surface area (Å²) in [6, 6.07) is 2.61. The molecule has 78 valence electrons. The van der Waals surface area contributed by atoms with Gasteiger partial charge in [-0.25, -0.2) is 13.8 Å². The first-order valence-corrected chi connectivity index (χ1v) is 4.73. The number of aromatic nitrogens is 1. The molecule has 15 heavy (non-hydrogen) atoms. The Balaban J connectivity index is 3.54. The quantitative estimate of drug-likeness (QED) is 0.622. The van der Waals surface area contributed by atoms with E-state index in [1.54, 1.807) is 0 Å². The second-order valence-corrected chi connectivity index (χ2v) is 3.59. The molecule has 0 aliphatic carbocycles. The molecule has 0 bridgehead atoms. The smallest absolute Gasteiger partial charge is 0.276 e. The van der Waals surface area contributed by atoms with Crippen molar-refractivity contribution in [3.63, 3.8) is 0 Å². The normalized spacial score (nSPS) is 10.1. The summed E-state index contributed by atoms with van der Waals surface area (Å²) in [6.45, 7) is 0. The van der Waals surface area contributed by atoms with Gasteiger partial charge in [-0.05, 0) is 33.6 Å². The van der Waals surface area contributed by atoms with Crippen molar-refractivity contribution in [1.29, 1.82) is 5.26 Å². The third-order valence-corrected chi connectivity index (χ3v) is 2.16. The highest BCUT2D eigenvalue weighted by atomic mass is 79.9. The lowest BCUT2D eigenvalue weighted by atomic mass is 10.1. The van der Waals surface area contributed by atoms with Gasteiger partial charge in [0.15, 0.2) is 0 Å². The number of carbonyl (C=O) groups is 1. The van der Waals surface area contributed by atoms with Crippen molar-refractivity contribution in [2.45, 2.75) is 6.43 Å². The minimum atomic E-state index is -2.94. The van der Waals surface area contributed by atoms with Gasteiger partial charge in [0.2, 0.25) is 0 Å². The number of hydrogen-bond acceptors (Lipinski definition) is 3. The van der Waals surface area contributed by atoms with Crippen LogP contribution in [0.2, 0.25) is 0 Å². The molecule has 0 aliphatic rings. The lowest BCUT2D eigenvalue weighted by molar-refractivity contribution is 0.108. The molecular weight excluding hydrogens is 293 g/mol. The van der Waals surface area contributed by atoms with E-state index >= 15 is 0 Å². The second-order valence-electron chi connectivity index (χ2n) is 2.44. The fourth-order valence-corrected chi connectivity index (χ4v) is 1.53. The lowest BCUT2D eigenvalue weighted by Gasteiger charge is -2.05. The Hall–Kier alpha value is -1.06. The topological polar surface area (TPSA) is 53.8 Å². The van der Waals surface area contributed by atoms with Crippen molar-refractivity contribution in [1.82, 2.24) is 4.98 Å². The van der Waals surface area contributed by atoms with Gasteiger partial charge in [0.05, 0.1) is 11.1 Å².